The second-order valence-corrected chi connectivity index (χ2v) is 11.3. The SMILES string of the molecule is COC1CCCN(C)C2(CCN(OSN(C)c3ccc(Cl)cc3)CC2)COC(=O)C(C)C(=O)[C@H](C)C1. The van der Waals surface area contributed by atoms with Crippen molar-refractivity contribution < 1.29 is 23.3 Å². The smallest absolute Gasteiger partial charge is 0.316 e. The second-order valence-electron chi connectivity index (χ2n) is 10.1. The van der Waals surface area contributed by atoms with E-state index in [9.17, 15) is 9.59 Å². The molecular weight excluding hydrogens is 502 g/mol. The first-order valence-electron chi connectivity index (χ1n) is 12.7. The predicted octanol–water partition coefficient (Wildman–Crippen LogP) is 4.62. The van der Waals surface area contributed by atoms with E-state index >= 15 is 0 Å². The first kappa shape index (κ1) is 29.2. The third-order valence-electron chi connectivity index (χ3n) is 7.62. The van der Waals surface area contributed by atoms with Crippen molar-refractivity contribution in [3.63, 3.8) is 0 Å². The Morgan fingerprint density at radius 1 is 1.14 bits per heavy atom. The third-order valence-corrected chi connectivity index (χ3v) is 8.59. The number of ketones is 1. The van der Waals surface area contributed by atoms with Crippen LogP contribution in [0.2, 0.25) is 5.02 Å². The summed E-state index contributed by atoms with van der Waals surface area (Å²) >= 11 is 7.25. The lowest BCUT2D eigenvalue weighted by Gasteiger charge is -2.46. The quantitative estimate of drug-likeness (QED) is 0.230. The predicted molar refractivity (Wildman–Crippen MR) is 144 cm³/mol. The molecule has 2 unspecified atom stereocenters. The van der Waals surface area contributed by atoms with Crippen molar-refractivity contribution in [1.82, 2.24) is 9.96 Å². The largest absolute Gasteiger partial charge is 0.463 e. The maximum atomic E-state index is 12.8. The maximum Gasteiger partial charge on any atom is 0.316 e. The van der Waals surface area contributed by atoms with Gasteiger partial charge in [-0.2, -0.15) is 5.06 Å². The molecule has 202 valence electrons. The lowest BCUT2D eigenvalue weighted by atomic mass is 9.87. The number of carbonyl (C=O) groups excluding carboxylic acids is 2. The van der Waals surface area contributed by atoms with E-state index in [1.807, 2.05) is 47.6 Å². The first-order chi connectivity index (χ1) is 17.1. The second kappa shape index (κ2) is 13.4. The fourth-order valence-electron chi connectivity index (χ4n) is 4.91. The molecule has 2 heterocycles. The number of benzene rings is 1. The molecule has 3 atom stereocenters. The summed E-state index contributed by atoms with van der Waals surface area (Å²) < 4.78 is 19.4. The van der Waals surface area contributed by atoms with Crippen LogP contribution < -0.4 is 4.31 Å². The van der Waals surface area contributed by atoms with E-state index in [0.717, 1.165) is 37.9 Å². The minimum atomic E-state index is -0.774. The van der Waals surface area contributed by atoms with Crippen LogP contribution in [-0.4, -0.2) is 80.8 Å². The Morgan fingerprint density at radius 3 is 2.44 bits per heavy atom. The van der Waals surface area contributed by atoms with Crippen molar-refractivity contribution in [3.05, 3.63) is 29.3 Å². The summed E-state index contributed by atoms with van der Waals surface area (Å²) in [5, 5.41) is 2.65. The van der Waals surface area contributed by atoms with Gasteiger partial charge in [0.05, 0.1) is 11.6 Å². The lowest BCUT2D eigenvalue weighted by molar-refractivity contribution is -0.160. The van der Waals surface area contributed by atoms with Gasteiger partial charge in [0.2, 0.25) is 0 Å². The summed E-state index contributed by atoms with van der Waals surface area (Å²) in [5.74, 6) is -1.53. The Balaban J connectivity index is 1.62. The fraction of sp³-hybridized carbons (Fsp3) is 0.692. The van der Waals surface area contributed by atoms with E-state index in [4.69, 9.17) is 25.4 Å². The highest BCUT2D eigenvalue weighted by atomic mass is 35.5. The van der Waals surface area contributed by atoms with Crippen molar-refractivity contribution in [2.75, 3.05) is 51.8 Å². The van der Waals surface area contributed by atoms with Gasteiger partial charge in [-0.1, -0.05) is 18.5 Å². The summed E-state index contributed by atoms with van der Waals surface area (Å²) in [6, 6.07) is 7.60. The van der Waals surface area contributed by atoms with E-state index in [-0.39, 0.29) is 30.0 Å². The molecule has 0 aliphatic carbocycles. The molecule has 2 aliphatic heterocycles. The van der Waals surface area contributed by atoms with Gasteiger partial charge in [-0.05, 0) is 76.9 Å². The van der Waals surface area contributed by atoms with Crippen LogP contribution in [0.1, 0.15) is 46.0 Å². The summed E-state index contributed by atoms with van der Waals surface area (Å²) in [5.41, 5.74) is 0.694. The van der Waals surface area contributed by atoms with E-state index in [1.54, 1.807) is 14.0 Å². The van der Waals surface area contributed by atoms with Crippen LogP contribution in [0.3, 0.4) is 0 Å². The first-order valence-corrected chi connectivity index (χ1v) is 13.8. The molecule has 0 N–H and O–H groups in total. The number of nitrogens with zero attached hydrogens (tertiary/aromatic N) is 3. The molecule has 8 nitrogen and oxygen atoms in total. The molecule has 10 heteroatoms. The number of carbonyl (C=O) groups is 2. The summed E-state index contributed by atoms with van der Waals surface area (Å²) in [6.45, 7) is 6.08. The van der Waals surface area contributed by atoms with Crippen molar-refractivity contribution in [1.29, 1.82) is 0 Å². The highest BCUT2D eigenvalue weighted by Gasteiger charge is 2.41. The zero-order valence-corrected chi connectivity index (χ0v) is 23.6. The molecule has 2 saturated heterocycles. The molecule has 36 heavy (non-hydrogen) atoms. The van der Waals surface area contributed by atoms with Crippen LogP contribution in [0.25, 0.3) is 0 Å². The average molecular weight is 542 g/mol. The molecule has 0 saturated carbocycles. The standard InChI is InChI=1S/C26H40ClN3O5S/c1-19-17-23(33-5)7-6-14-28(3)26(18-34-25(32)20(2)24(19)31)12-15-30(16-13-26)35-36-29(4)22-10-8-21(27)9-11-22/h8-11,19-20,23H,6-7,12-18H2,1-5H3/t19-,20?,23?/m1/s1. The van der Waals surface area contributed by atoms with Gasteiger partial charge in [-0.3, -0.25) is 18.8 Å². The highest BCUT2D eigenvalue weighted by Crippen LogP contribution is 2.32. The Labute approximate surface area is 224 Å². The zero-order chi connectivity index (χ0) is 26.3. The average Bonchev–Trinajstić information content (AvgIpc) is 2.89. The number of rotatable bonds is 5. The fourth-order valence-corrected chi connectivity index (χ4v) is 5.59. The number of esters is 1. The number of hydrogen-bond donors (Lipinski definition) is 0. The van der Waals surface area contributed by atoms with Crippen LogP contribution in [0.5, 0.6) is 0 Å². The van der Waals surface area contributed by atoms with Gasteiger partial charge >= 0.3 is 5.97 Å². The number of cyclic esters (lactones) is 1. The zero-order valence-electron chi connectivity index (χ0n) is 22.1. The van der Waals surface area contributed by atoms with Gasteiger partial charge in [0.1, 0.15) is 30.5 Å². The Morgan fingerprint density at radius 2 is 1.81 bits per heavy atom. The van der Waals surface area contributed by atoms with Gasteiger partial charge in [-0.25, -0.2) is 4.28 Å². The monoisotopic (exact) mass is 541 g/mol. The van der Waals surface area contributed by atoms with Gasteiger partial charge in [0, 0.05) is 43.9 Å². The molecule has 0 amide bonds. The summed E-state index contributed by atoms with van der Waals surface area (Å²) in [4.78, 5) is 28.0. The van der Waals surface area contributed by atoms with Crippen LogP contribution >= 0.6 is 23.8 Å². The molecule has 0 radical (unpaired) electrons. The number of piperidine rings is 1. The number of methoxy groups -OCH3 is 1. The van der Waals surface area contributed by atoms with Crippen LogP contribution in [-0.2, 0) is 23.3 Å². The molecule has 0 bridgehead atoms. The molecule has 2 aliphatic rings. The van der Waals surface area contributed by atoms with Crippen molar-refractivity contribution in [2.24, 2.45) is 11.8 Å². The summed E-state index contributed by atoms with van der Waals surface area (Å²) in [7, 11) is 5.74. The third kappa shape index (κ3) is 7.58. The minimum absolute atomic E-state index is 0.00201. The number of Topliss-reactive ketones (excluding diaryl/α,β-unsaturated/α-hetero) is 1. The van der Waals surface area contributed by atoms with Gasteiger partial charge in [-0.15, -0.1) is 0 Å². The number of likely N-dealkylation sites (N-methyl/N-ethyl adjacent to an activating group) is 1. The Hall–Kier alpha value is -1.36. The molecule has 2 fully saturated rings. The number of hydroxylamine groups is 2. The van der Waals surface area contributed by atoms with Crippen molar-refractivity contribution in [3.8, 4) is 0 Å². The number of halogens is 1. The van der Waals surface area contributed by atoms with E-state index in [0.29, 0.717) is 24.5 Å². The Bertz CT molecular complexity index is 866. The van der Waals surface area contributed by atoms with Gasteiger partial charge in [0.15, 0.2) is 0 Å². The highest BCUT2D eigenvalue weighted by molar-refractivity contribution is 7.96. The van der Waals surface area contributed by atoms with Gasteiger partial charge in [0.25, 0.3) is 0 Å². The molecule has 3 rings (SSSR count). The lowest BCUT2D eigenvalue weighted by Crippen LogP contribution is -2.57. The van der Waals surface area contributed by atoms with Crippen molar-refractivity contribution >= 4 is 41.3 Å². The number of ether oxygens (including phenoxy) is 2. The molecule has 0 aromatic heterocycles. The molecule has 1 spiro atoms. The molecule has 1 aromatic rings. The van der Waals surface area contributed by atoms with Crippen LogP contribution in [0, 0.1) is 11.8 Å². The van der Waals surface area contributed by atoms with Gasteiger partial charge < -0.3 is 9.47 Å². The van der Waals surface area contributed by atoms with E-state index < -0.39 is 11.9 Å². The van der Waals surface area contributed by atoms with E-state index in [1.165, 1.54) is 12.2 Å². The topological polar surface area (TPSA) is 71.5 Å². The molecule has 1 aromatic carbocycles. The maximum absolute atomic E-state index is 12.8. The minimum Gasteiger partial charge on any atom is -0.463 e. The van der Waals surface area contributed by atoms with Crippen molar-refractivity contribution in [2.45, 2.75) is 57.6 Å². The van der Waals surface area contributed by atoms with Crippen LogP contribution in [0.4, 0.5) is 5.69 Å². The number of anilines is 1. The molecular formula is C26H40ClN3O5S. The summed E-state index contributed by atoms with van der Waals surface area (Å²) in [6.07, 6.45) is 4.02. The number of hydrogen-bond acceptors (Lipinski definition) is 9. The Kier molecular flexibility index (Phi) is 10.9. The van der Waals surface area contributed by atoms with E-state index in [2.05, 4.69) is 11.9 Å². The normalized spacial score (nSPS) is 27.1. The van der Waals surface area contributed by atoms with Crippen LogP contribution in [0.15, 0.2) is 24.3 Å².